The molecule has 0 radical (unpaired) electrons. The zero-order chi connectivity index (χ0) is 18.8. The Morgan fingerprint density at radius 3 is 1.88 bits per heavy atom. The molecule has 0 heterocycles. The summed E-state index contributed by atoms with van der Waals surface area (Å²) in [5, 5.41) is 12.4. The molecule has 2 nitrogen and oxygen atoms in total. The van der Waals surface area contributed by atoms with Gasteiger partial charge >= 0.3 is 0 Å². The molecule has 3 heteroatoms. The summed E-state index contributed by atoms with van der Waals surface area (Å²) in [6.07, 6.45) is 1.87. The van der Waals surface area contributed by atoms with Gasteiger partial charge in [0, 0.05) is 6.61 Å². The molecular weight excluding hydrogens is 336 g/mol. The molecule has 2 aromatic carbocycles. The van der Waals surface area contributed by atoms with Crippen LogP contribution in [0.4, 0.5) is 0 Å². The Kier molecular flexibility index (Phi) is 5.71. The van der Waals surface area contributed by atoms with Gasteiger partial charge in [-0.15, -0.1) is 0 Å². The predicted octanol–water partition coefficient (Wildman–Crippen LogP) is 3.97. The van der Waals surface area contributed by atoms with Crippen LogP contribution >= 0.6 is 0 Å². The molecule has 1 saturated carbocycles. The van der Waals surface area contributed by atoms with Gasteiger partial charge in [-0.05, 0) is 47.0 Å². The van der Waals surface area contributed by atoms with Gasteiger partial charge < -0.3 is 9.53 Å². The predicted molar refractivity (Wildman–Crippen MR) is 111 cm³/mol. The maximum Gasteiger partial charge on any atom is 0.261 e. The normalized spacial score (nSPS) is 21.4. The number of hydrogen-bond donors (Lipinski definition) is 1. The molecule has 3 atom stereocenters. The van der Waals surface area contributed by atoms with Gasteiger partial charge in [0.2, 0.25) is 0 Å². The standard InChI is InChI=1S/C23H32O2Si/c1-18(24)15-19-16-20(19)17-25-26(23(2,3)4,21-11-7-5-8-12-21)22-13-9-6-10-14-22/h5-14,18-20,24H,15-17H2,1-4H3/t18?,19-,20+/m1/s1. The molecule has 0 bridgehead atoms. The fourth-order valence-electron chi connectivity index (χ4n) is 4.23. The average molecular weight is 369 g/mol. The van der Waals surface area contributed by atoms with E-state index in [1.165, 1.54) is 16.8 Å². The van der Waals surface area contributed by atoms with Crippen molar-refractivity contribution in [2.45, 2.75) is 51.7 Å². The van der Waals surface area contributed by atoms with Crippen LogP contribution in [0.5, 0.6) is 0 Å². The molecule has 140 valence electrons. The molecule has 0 spiro atoms. The lowest BCUT2D eigenvalue weighted by Crippen LogP contribution is -2.66. The van der Waals surface area contributed by atoms with Crippen molar-refractivity contribution in [3.63, 3.8) is 0 Å². The monoisotopic (exact) mass is 368 g/mol. The fraction of sp³-hybridized carbons (Fsp3) is 0.478. The topological polar surface area (TPSA) is 29.5 Å². The van der Waals surface area contributed by atoms with Gasteiger partial charge in [-0.3, -0.25) is 0 Å². The molecule has 0 aromatic heterocycles. The molecule has 1 unspecified atom stereocenters. The van der Waals surface area contributed by atoms with Gasteiger partial charge in [-0.25, -0.2) is 0 Å². The largest absolute Gasteiger partial charge is 0.407 e. The quantitative estimate of drug-likeness (QED) is 0.749. The van der Waals surface area contributed by atoms with Gasteiger partial charge in [-0.2, -0.15) is 0 Å². The van der Waals surface area contributed by atoms with Gasteiger partial charge in [0.15, 0.2) is 0 Å². The third-order valence-corrected chi connectivity index (χ3v) is 10.6. The van der Waals surface area contributed by atoms with Crippen LogP contribution in [0, 0.1) is 11.8 Å². The molecule has 1 aliphatic rings. The van der Waals surface area contributed by atoms with E-state index in [1.807, 2.05) is 6.92 Å². The molecule has 1 aliphatic carbocycles. The molecule has 2 aromatic rings. The lowest BCUT2D eigenvalue weighted by atomic mass is 10.2. The molecule has 0 saturated heterocycles. The highest BCUT2D eigenvalue weighted by Crippen LogP contribution is 2.44. The highest BCUT2D eigenvalue weighted by molar-refractivity contribution is 6.99. The Labute approximate surface area is 159 Å². The molecule has 3 rings (SSSR count). The van der Waals surface area contributed by atoms with Crippen molar-refractivity contribution in [2.75, 3.05) is 6.61 Å². The Morgan fingerprint density at radius 1 is 0.962 bits per heavy atom. The summed E-state index contributed by atoms with van der Waals surface area (Å²) in [5.74, 6) is 1.21. The number of hydrogen-bond acceptors (Lipinski definition) is 2. The van der Waals surface area contributed by atoms with E-state index >= 15 is 0 Å². The van der Waals surface area contributed by atoms with E-state index in [1.54, 1.807) is 0 Å². The van der Waals surface area contributed by atoms with Crippen molar-refractivity contribution in [2.24, 2.45) is 11.8 Å². The first-order chi connectivity index (χ1) is 12.3. The van der Waals surface area contributed by atoms with Crippen molar-refractivity contribution in [3.05, 3.63) is 60.7 Å². The SMILES string of the molecule is CC(O)C[C@@H]1C[C@H]1CO[Si](c1ccccc1)(c1ccccc1)C(C)(C)C. The van der Waals surface area contributed by atoms with Crippen LogP contribution in [0.15, 0.2) is 60.7 Å². The van der Waals surface area contributed by atoms with Gasteiger partial charge in [0.05, 0.1) is 6.10 Å². The van der Waals surface area contributed by atoms with Crippen molar-refractivity contribution < 1.29 is 9.53 Å². The van der Waals surface area contributed by atoms with Gasteiger partial charge in [0.25, 0.3) is 8.32 Å². The number of aliphatic hydroxyl groups excluding tert-OH is 1. The van der Waals surface area contributed by atoms with Crippen LogP contribution in [-0.4, -0.2) is 26.1 Å². The molecular formula is C23H32O2Si. The smallest absolute Gasteiger partial charge is 0.261 e. The summed E-state index contributed by atoms with van der Waals surface area (Å²) in [7, 11) is -2.40. The van der Waals surface area contributed by atoms with E-state index in [0.29, 0.717) is 11.8 Å². The summed E-state index contributed by atoms with van der Waals surface area (Å²) < 4.78 is 6.96. The number of aliphatic hydroxyl groups is 1. The maximum atomic E-state index is 9.66. The fourth-order valence-corrected chi connectivity index (χ4v) is 8.85. The Bertz CT molecular complexity index is 652. The van der Waals surface area contributed by atoms with Crippen LogP contribution in [0.25, 0.3) is 0 Å². The van der Waals surface area contributed by atoms with Crippen LogP contribution in [0.2, 0.25) is 5.04 Å². The minimum atomic E-state index is -2.40. The Hall–Kier alpha value is -1.42. The molecule has 0 amide bonds. The van der Waals surface area contributed by atoms with E-state index in [9.17, 15) is 5.11 Å². The van der Waals surface area contributed by atoms with Crippen molar-refractivity contribution in [1.29, 1.82) is 0 Å². The van der Waals surface area contributed by atoms with Crippen LogP contribution in [-0.2, 0) is 4.43 Å². The van der Waals surface area contributed by atoms with Crippen molar-refractivity contribution in [3.8, 4) is 0 Å². The number of benzene rings is 2. The summed E-state index contributed by atoms with van der Waals surface area (Å²) in [5.41, 5.74) is 0. The minimum absolute atomic E-state index is 0.0321. The van der Waals surface area contributed by atoms with E-state index in [4.69, 9.17) is 4.43 Å². The molecule has 0 aliphatic heterocycles. The summed E-state index contributed by atoms with van der Waals surface area (Å²) in [4.78, 5) is 0. The second kappa shape index (κ2) is 7.67. The third kappa shape index (κ3) is 3.95. The highest BCUT2D eigenvalue weighted by atomic mass is 28.4. The first-order valence-electron chi connectivity index (χ1n) is 9.77. The maximum absolute atomic E-state index is 9.66. The van der Waals surface area contributed by atoms with Crippen molar-refractivity contribution in [1.82, 2.24) is 0 Å². The van der Waals surface area contributed by atoms with E-state index in [0.717, 1.165) is 13.0 Å². The van der Waals surface area contributed by atoms with Crippen molar-refractivity contribution >= 4 is 18.7 Å². The first kappa shape index (κ1) is 19.3. The minimum Gasteiger partial charge on any atom is -0.407 e. The van der Waals surface area contributed by atoms with Crippen LogP contribution in [0.3, 0.4) is 0 Å². The first-order valence-corrected chi connectivity index (χ1v) is 11.7. The number of rotatable bonds is 7. The van der Waals surface area contributed by atoms with Crippen LogP contribution in [0.1, 0.15) is 40.5 Å². The van der Waals surface area contributed by atoms with E-state index in [-0.39, 0.29) is 11.1 Å². The van der Waals surface area contributed by atoms with Crippen LogP contribution < -0.4 is 10.4 Å². The lowest BCUT2D eigenvalue weighted by molar-refractivity contribution is 0.171. The highest BCUT2D eigenvalue weighted by Gasteiger charge is 2.51. The molecule has 1 N–H and O–H groups in total. The zero-order valence-corrected chi connectivity index (χ0v) is 17.5. The Balaban J connectivity index is 1.94. The Morgan fingerprint density at radius 2 is 1.46 bits per heavy atom. The van der Waals surface area contributed by atoms with E-state index in [2.05, 4.69) is 81.4 Å². The average Bonchev–Trinajstić information content (AvgIpc) is 3.33. The van der Waals surface area contributed by atoms with Gasteiger partial charge in [0.1, 0.15) is 0 Å². The van der Waals surface area contributed by atoms with E-state index < -0.39 is 8.32 Å². The summed E-state index contributed by atoms with van der Waals surface area (Å²) in [6.45, 7) is 9.64. The second-order valence-corrected chi connectivity index (χ2v) is 13.1. The summed E-state index contributed by atoms with van der Waals surface area (Å²) in [6, 6.07) is 21.6. The molecule has 1 fully saturated rings. The summed E-state index contributed by atoms with van der Waals surface area (Å²) >= 11 is 0. The molecule has 26 heavy (non-hydrogen) atoms. The zero-order valence-electron chi connectivity index (χ0n) is 16.5. The second-order valence-electron chi connectivity index (χ2n) is 8.81. The lowest BCUT2D eigenvalue weighted by Gasteiger charge is -2.43. The van der Waals surface area contributed by atoms with Gasteiger partial charge in [-0.1, -0.05) is 81.4 Å². The third-order valence-electron chi connectivity index (χ3n) is 5.64.